The number of halogens is 1. The number of carbonyl (C=O) groups excluding carboxylic acids is 1. The lowest BCUT2D eigenvalue weighted by molar-refractivity contribution is 0.0123. The van der Waals surface area contributed by atoms with Crippen LogP contribution in [-0.4, -0.2) is 41.9 Å². The molecule has 0 saturated carbocycles. The van der Waals surface area contributed by atoms with Crippen LogP contribution >= 0.6 is 0 Å². The zero-order valence-corrected chi connectivity index (χ0v) is 10.3. The highest BCUT2D eigenvalue weighted by molar-refractivity contribution is 5.68. The Kier molecular flexibility index (Phi) is 3.78. The van der Waals surface area contributed by atoms with E-state index in [9.17, 15) is 9.18 Å². The first-order valence-corrected chi connectivity index (χ1v) is 5.59. The maximum absolute atomic E-state index is 12.7. The van der Waals surface area contributed by atoms with Crippen molar-refractivity contribution in [3.63, 3.8) is 0 Å². The molecule has 1 heterocycles. The topological polar surface area (TPSA) is 55.6 Å². The second-order valence-corrected chi connectivity index (χ2v) is 5.50. The van der Waals surface area contributed by atoms with E-state index in [2.05, 4.69) is 0 Å². The average molecular weight is 232 g/mol. The van der Waals surface area contributed by atoms with Crippen LogP contribution in [0.2, 0.25) is 0 Å². The number of amides is 1. The summed E-state index contributed by atoms with van der Waals surface area (Å²) >= 11 is 0. The van der Waals surface area contributed by atoms with Gasteiger partial charge in [-0.2, -0.15) is 0 Å². The molecule has 0 aromatic rings. The summed E-state index contributed by atoms with van der Waals surface area (Å²) in [5.74, 6) is 0. The molecule has 5 heteroatoms. The third-order valence-electron chi connectivity index (χ3n) is 2.53. The fourth-order valence-electron chi connectivity index (χ4n) is 1.75. The van der Waals surface area contributed by atoms with E-state index in [4.69, 9.17) is 10.5 Å². The molecule has 1 saturated heterocycles. The minimum atomic E-state index is -0.894. The third-order valence-corrected chi connectivity index (χ3v) is 2.53. The predicted octanol–water partition coefficient (Wildman–Crippen LogP) is 1.68. The molecule has 2 N–H and O–H groups in total. The van der Waals surface area contributed by atoms with Crippen LogP contribution in [0.25, 0.3) is 0 Å². The molecule has 94 valence electrons. The van der Waals surface area contributed by atoms with Gasteiger partial charge in [0.05, 0.1) is 5.54 Å². The van der Waals surface area contributed by atoms with E-state index in [1.807, 2.05) is 0 Å². The second-order valence-electron chi connectivity index (χ2n) is 5.50. The van der Waals surface area contributed by atoms with Crippen LogP contribution in [0.5, 0.6) is 0 Å². The molecule has 0 bridgehead atoms. The first-order chi connectivity index (χ1) is 7.26. The Morgan fingerprint density at radius 2 is 2.19 bits per heavy atom. The fraction of sp³-hybridized carbons (Fsp3) is 0.909. The number of hydrogen-bond acceptors (Lipinski definition) is 3. The lowest BCUT2D eigenvalue weighted by Crippen LogP contribution is -2.57. The molecule has 1 unspecified atom stereocenters. The van der Waals surface area contributed by atoms with Gasteiger partial charge in [0.1, 0.15) is 12.3 Å². The molecule has 0 radical (unpaired) electrons. The van der Waals surface area contributed by atoms with Gasteiger partial charge >= 0.3 is 6.09 Å². The zero-order valence-electron chi connectivity index (χ0n) is 10.3. The summed E-state index contributed by atoms with van der Waals surface area (Å²) in [6.07, 6.45) is 0.929. The van der Waals surface area contributed by atoms with E-state index in [1.165, 1.54) is 4.90 Å². The van der Waals surface area contributed by atoms with Crippen LogP contribution in [0.15, 0.2) is 0 Å². The minimum absolute atomic E-state index is 0.235. The molecular formula is C11H21FN2O2. The molecule has 0 aromatic heterocycles. The van der Waals surface area contributed by atoms with E-state index in [0.29, 0.717) is 13.0 Å². The van der Waals surface area contributed by atoms with Crippen LogP contribution in [0.4, 0.5) is 9.18 Å². The average Bonchev–Trinajstić information content (AvgIpc) is 2.15. The molecule has 1 fully saturated rings. The van der Waals surface area contributed by atoms with Crippen molar-refractivity contribution >= 4 is 6.09 Å². The number of carbonyl (C=O) groups is 1. The Morgan fingerprint density at radius 1 is 1.56 bits per heavy atom. The van der Waals surface area contributed by atoms with Crippen LogP contribution in [0, 0.1) is 0 Å². The van der Waals surface area contributed by atoms with Gasteiger partial charge in [0.15, 0.2) is 0 Å². The molecule has 0 aliphatic carbocycles. The van der Waals surface area contributed by atoms with Gasteiger partial charge in [0.25, 0.3) is 0 Å². The second kappa shape index (κ2) is 4.57. The molecule has 1 rings (SSSR count). The molecule has 16 heavy (non-hydrogen) atoms. The number of ether oxygens (including phenoxy) is 1. The van der Waals surface area contributed by atoms with Crippen molar-refractivity contribution in [1.29, 1.82) is 0 Å². The van der Waals surface area contributed by atoms with Crippen molar-refractivity contribution in [2.45, 2.75) is 44.8 Å². The van der Waals surface area contributed by atoms with Gasteiger partial charge < -0.3 is 15.4 Å². The summed E-state index contributed by atoms with van der Waals surface area (Å²) in [5.41, 5.74) is 4.41. The SMILES string of the molecule is CC(C)(C)OC(=O)N1CCCC(N)(CF)C1. The van der Waals surface area contributed by atoms with Crippen molar-refractivity contribution in [1.82, 2.24) is 4.90 Å². The Balaban J connectivity index is 2.57. The summed E-state index contributed by atoms with van der Waals surface area (Å²) in [6, 6.07) is 0. The predicted molar refractivity (Wildman–Crippen MR) is 59.9 cm³/mol. The van der Waals surface area contributed by atoms with Crippen molar-refractivity contribution in [2.24, 2.45) is 5.73 Å². The van der Waals surface area contributed by atoms with E-state index in [0.717, 1.165) is 6.42 Å². The number of likely N-dealkylation sites (tertiary alicyclic amines) is 1. The quantitative estimate of drug-likeness (QED) is 0.748. The number of alkyl halides is 1. The summed E-state index contributed by atoms with van der Waals surface area (Å²) in [4.78, 5) is 13.2. The highest BCUT2D eigenvalue weighted by Crippen LogP contribution is 2.21. The Bertz CT molecular complexity index is 265. The van der Waals surface area contributed by atoms with Gasteiger partial charge in [-0.1, -0.05) is 0 Å². The van der Waals surface area contributed by atoms with Crippen molar-refractivity contribution in [2.75, 3.05) is 19.8 Å². The monoisotopic (exact) mass is 232 g/mol. The molecule has 4 nitrogen and oxygen atoms in total. The van der Waals surface area contributed by atoms with E-state index < -0.39 is 23.9 Å². The van der Waals surface area contributed by atoms with E-state index in [-0.39, 0.29) is 6.54 Å². The fourth-order valence-corrected chi connectivity index (χ4v) is 1.75. The van der Waals surface area contributed by atoms with Crippen molar-refractivity contribution in [3.8, 4) is 0 Å². The normalized spacial score (nSPS) is 26.7. The minimum Gasteiger partial charge on any atom is -0.444 e. The van der Waals surface area contributed by atoms with Crippen LogP contribution in [0.1, 0.15) is 33.6 Å². The molecule has 1 atom stereocenters. The summed E-state index contributed by atoms with van der Waals surface area (Å²) in [7, 11) is 0. The summed E-state index contributed by atoms with van der Waals surface area (Å²) in [5, 5.41) is 0. The maximum atomic E-state index is 12.7. The van der Waals surface area contributed by atoms with Gasteiger partial charge in [-0.3, -0.25) is 0 Å². The Labute approximate surface area is 95.9 Å². The van der Waals surface area contributed by atoms with Crippen molar-refractivity contribution < 1.29 is 13.9 Å². The van der Waals surface area contributed by atoms with Gasteiger partial charge in [-0.15, -0.1) is 0 Å². The van der Waals surface area contributed by atoms with E-state index >= 15 is 0 Å². The molecule has 0 spiro atoms. The first kappa shape index (κ1) is 13.2. The molecule has 0 aromatic carbocycles. The van der Waals surface area contributed by atoms with Crippen LogP contribution < -0.4 is 5.73 Å². The number of hydrogen-bond donors (Lipinski definition) is 1. The highest BCUT2D eigenvalue weighted by atomic mass is 19.1. The highest BCUT2D eigenvalue weighted by Gasteiger charge is 2.35. The van der Waals surface area contributed by atoms with Crippen LogP contribution in [0.3, 0.4) is 0 Å². The van der Waals surface area contributed by atoms with Crippen LogP contribution in [-0.2, 0) is 4.74 Å². The number of piperidine rings is 1. The number of rotatable bonds is 1. The molecule has 1 aliphatic heterocycles. The molecule has 1 amide bonds. The Hall–Kier alpha value is -0.840. The third kappa shape index (κ3) is 3.63. The summed E-state index contributed by atoms with van der Waals surface area (Å²) in [6.45, 7) is 5.64. The lowest BCUT2D eigenvalue weighted by Gasteiger charge is -2.38. The number of nitrogens with zero attached hydrogens (tertiary/aromatic N) is 1. The van der Waals surface area contributed by atoms with Gasteiger partial charge in [-0.25, -0.2) is 9.18 Å². The first-order valence-electron chi connectivity index (χ1n) is 5.59. The number of nitrogens with two attached hydrogens (primary N) is 1. The zero-order chi connectivity index (χ0) is 12.4. The van der Waals surface area contributed by atoms with Gasteiger partial charge in [0.2, 0.25) is 0 Å². The smallest absolute Gasteiger partial charge is 0.410 e. The molecular weight excluding hydrogens is 211 g/mol. The lowest BCUT2D eigenvalue weighted by atomic mass is 9.92. The largest absolute Gasteiger partial charge is 0.444 e. The van der Waals surface area contributed by atoms with Gasteiger partial charge in [0, 0.05) is 13.1 Å². The van der Waals surface area contributed by atoms with Crippen molar-refractivity contribution in [3.05, 3.63) is 0 Å². The van der Waals surface area contributed by atoms with Gasteiger partial charge in [-0.05, 0) is 33.6 Å². The van der Waals surface area contributed by atoms with E-state index in [1.54, 1.807) is 20.8 Å². The molecule has 1 aliphatic rings. The maximum Gasteiger partial charge on any atom is 0.410 e. The summed E-state index contributed by atoms with van der Waals surface area (Å²) < 4.78 is 18.0. The standard InChI is InChI=1S/C11H21FN2O2/c1-10(2,3)16-9(15)14-6-4-5-11(13,7-12)8-14/h4-8,13H2,1-3H3. The Morgan fingerprint density at radius 3 is 2.69 bits per heavy atom.